The summed E-state index contributed by atoms with van der Waals surface area (Å²) in [6.45, 7) is 8.98. The van der Waals surface area contributed by atoms with E-state index >= 15 is 0 Å². The number of nitrogens with zero attached hydrogens (tertiary/aromatic N) is 2. The lowest BCUT2D eigenvalue weighted by Gasteiger charge is -2.37. The monoisotopic (exact) mass is 306 g/mol. The summed E-state index contributed by atoms with van der Waals surface area (Å²) < 4.78 is 5.45. The van der Waals surface area contributed by atoms with E-state index in [1.165, 1.54) is 5.56 Å². The minimum absolute atomic E-state index is 0.340. The van der Waals surface area contributed by atoms with E-state index in [1.54, 1.807) is 0 Å². The fourth-order valence-corrected chi connectivity index (χ4v) is 2.94. The van der Waals surface area contributed by atoms with Gasteiger partial charge in [0.1, 0.15) is 11.8 Å². The highest BCUT2D eigenvalue weighted by Crippen LogP contribution is 2.16. The third-order valence-corrected chi connectivity index (χ3v) is 4.16. The number of benzene rings is 1. The number of rotatable bonds is 7. The lowest BCUT2D eigenvalue weighted by Crippen LogP contribution is -2.52. The topological polar surface area (TPSA) is 53.0 Å². The maximum absolute atomic E-state index is 11.2. The summed E-state index contributed by atoms with van der Waals surface area (Å²) in [7, 11) is 0. The van der Waals surface area contributed by atoms with Gasteiger partial charge in [-0.1, -0.05) is 19.1 Å². The molecule has 2 rings (SSSR count). The summed E-state index contributed by atoms with van der Waals surface area (Å²) in [5, 5.41) is 9.23. The first kappa shape index (κ1) is 16.8. The van der Waals surface area contributed by atoms with Gasteiger partial charge in [-0.2, -0.15) is 0 Å². The molecule has 1 heterocycles. The van der Waals surface area contributed by atoms with Crippen LogP contribution in [0.15, 0.2) is 24.3 Å². The van der Waals surface area contributed by atoms with E-state index in [0.717, 1.165) is 38.5 Å². The first-order valence-electron chi connectivity index (χ1n) is 8.05. The number of carbonyl (C=O) groups is 1. The molecule has 1 aromatic rings. The minimum Gasteiger partial charge on any atom is -0.494 e. The first-order valence-corrected chi connectivity index (χ1v) is 8.05. The lowest BCUT2D eigenvalue weighted by atomic mass is 10.1. The van der Waals surface area contributed by atoms with Crippen molar-refractivity contribution >= 4 is 5.97 Å². The summed E-state index contributed by atoms with van der Waals surface area (Å²) in [5.74, 6) is 0.200. The molecule has 0 radical (unpaired) electrons. The average molecular weight is 306 g/mol. The molecular formula is C17H26N2O3. The van der Waals surface area contributed by atoms with Crippen molar-refractivity contribution in [2.75, 3.05) is 32.8 Å². The van der Waals surface area contributed by atoms with Crippen LogP contribution in [0.3, 0.4) is 0 Å². The smallest absolute Gasteiger partial charge is 0.320 e. The number of aliphatic carboxylic acids is 1. The number of carboxylic acid groups (broad SMARTS) is 1. The molecule has 1 atom stereocenters. The van der Waals surface area contributed by atoms with E-state index in [2.05, 4.69) is 21.9 Å². The summed E-state index contributed by atoms with van der Waals surface area (Å²) in [4.78, 5) is 15.7. The molecule has 0 bridgehead atoms. The molecule has 1 N–H and O–H groups in total. The molecule has 0 spiro atoms. The van der Waals surface area contributed by atoms with E-state index in [4.69, 9.17) is 4.74 Å². The number of hydrogen-bond donors (Lipinski definition) is 1. The van der Waals surface area contributed by atoms with Gasteiger partial charge in [0, 0.05) is 32.7 Å². The number of hydrogen-bond acceptors (Lipinski definition) is 4. The van der Waals surface area contributed by atoms with E-state index in [-0.39, 0.29) is 6.04 Å². The Bertz CT molecular complexity index is 467. The van der Waals surface area contributed by atoms with Gasteiger partial charge in [0.2, 0.25) is 0 Å². The average Bonchev–Trinajstić information content (AvgIpc) is 2.51. The third-order valence-electron chi connectivity index (χ3n) is 4.16. The highest BCUT2D eigenvalue weighted by atomic mass is 16.5. The van der Waals surface area contributed by atoms with Crippen molar-refractivity contribution in [3.63, 3.8) is 0 Å². The summed E-state index contributed by atoms with van der Waals surface area (Å²) in [6.07, 6.45) is 0.661. The second-order valence-corrected chi connectivity index (χ2v) is 5.65. The summed E-state index contributed by atoms with van der Waals surface area (Å²) in [6, 6.07) is 7.87. The van der Waals surface area contributed by atoms with E-state index in [9.17, 15) is 9.90 Å². The molecular weight excluding hydrogens is 280 g/mol. The SMILES string of the molecule is CCOc1ccc(CN2CCN([C@H](CC)C(=O)O)CC2)cc1. The van der Waals surface area contributed by atoms with Crippen LogP contribution in [0.2, 0.25) is 0 Å². The van der Waals surface area contributed by atoms with Gasteiger partial charge in [-0.25, -0.2) is 0 Å². The Balaban J connectivity index is 1.83. The molecule has 0 saturated carbocycles. The Morgan fingerprint density at radius 1 is 1.18 bits per heavy atom. The fraction of sp³-hybridized carbons (Fsp3) is 0.588. The van der Waals surface area contributed by atoms with Crippen molar-refractivity contribution in [1.29, 1.82) is 0 Å². The van der Waals surface area contributed by atoms with Crippen LogP contribution in [-0.4, -0.2) is 59.7 Å². The zero-order valence-electron chi connectivity index (χ0n) is 13.5. The number of ether oxygens (including phenoxy) is 1. The standard InChI is InChI=1S/C17H26N2O3/c1-3-16(17(20)21)19-11-9-18(10-12-19)13-14-5-7-15(8-6-14)22-4-2/h5-8,16H,3-4,9-13H2,1-2H3,(H,20,21)/t16-/m1/s1. The van der Waals surface area contributed by atoms with E-state index < -0.39 is 5.97 Å². The van der Waals surface area contributed by atoms with Crippen molar-refractivity contribution in [3.05, 3.63) is 29.8 Å². The van der Waals surface area contributed by atoms with Crippen LogP contribution in [0.5, 0.6) is 5.75 Å². The van der Waals surface area contributed by atoms with Gasteiger partial charge in [0.25, 0.3) is 0 Å². The van der Waals surface area contributed by atoms with Gasteiger partial charge in [0.05, 0.1) is 6.61 Å². The summed E-state index contributed by atoms with van der Waals surface area (Å²) >= 11 is 0. The highest BCUT2D eigenvalue weighted by molar-refractivity contribution is 5.73. The quantitative estimate of drug-likeness (QED) is 0.836. The minimum atomic E-state index is -0.706. The van der Waals surface area contributed by atoms with Crippen molar-refractivity contribution in [2.45, 2.75) is 32.9 Å². The molecule has 22 heavy (non-hydrogen) atoms. The Morgan fingerprint density at radius 2 is 1.82 bits per heavy atom. The van der Waals surface area contributed by atoms with Gasteiger partial charge in [0.15, 0.2) is 0 Å². The predicted octanol–water partition coefficient (Wildman–Crippen LogP) is 2.07. The van der Waals surface area contributed by atoms with Gasteiger partial charge < -0.3 is 9.84 Å². The molecule has 122 valence electrons. The molecule has 0 amide bonds. The van der Waals surface area contributed by atoms with Gasteiger partial charge >= 0.3 is 5.97 Å². The first-order chi connectivity index (χ1) is 10.6. The maximum atomic E-state index is 11.2. The van der Waals surface area contributed by atoms with Crippen molar-refractivity contribution in [2.24, 2.45) is 0 Å². The predicted molar refractivity (Wildman–Crippen MR) is 86.2 cm³/mol. The molecule has 1 fully saturated rings. The highest BCUT2D eigenvalue weighted by Gasteiger charge is 2.27. The molecule has 5 nitrogen and oxygen atoms in total. The molecule has 1 saturated heterocycles. The molecule has 5 heteroatoms. The Labute approximate surface area is 132 Å². The fourth-order valence-electron chi connectivity index (χ4n) is 2.94. The van der Waals surface area contributed by atoms with Crippen LogP contribution >= 0.6 is 0 Å². The van der Waals surface area contributed by atoms with Crippen LogP contribution in [0.4, 0.5) is 0 Å². The molecule has 0 unspecified atom stereocenters. The second-order valence-electron chi connectivity index (χ2n) is 5.65. The van der Waals surface area contributed by atoms with Gasteiger partial charge in [-0.15, -0.1) is 0 Å². The van der Waals surface area contributed by atoms with Crippen LogP contribution in [0.1, 0.15) is 25.8 Å². The van der Waals surface area contributed by atoms with Crippen molar-refractivity contribution in [1.82, 2.24) is 9.80 Å². The Kier molecular flexibility index (Phi) is 6.21. The van der Waals surface area contributed by atoms with Crippen LogP contribution < -0.4 is 4.74 Å². The zero-order chi connectivity index (χ0) is 15.9. The molecule has 1 aliphatic rings. The number of piperazine rings is 1. The van der Waals surface area contributed by atoms with Crippen molar-refractivity contribution < 1.29 is 14.6 Å². The lowest BCUT2D eigenvalue weighted by molar-refractivity contribution is -0.144. The van der Waals surface area contributed by atoms with E-state index in [0.29, 0.717) is 13.0 Å². The van der Waals surface area contributed by atoms with Gasteiger partial charge in [-0.05, 0) is 31.0 Å². The van der Waals surface area contributed by atoms with Crippen LogP contribution in [0.25, 0.3) is 0 Å². The summed E-state index contributed by atoms with van der Waals surface area (Å²) in [5.41, 5.74) is 1.27. The second kappa shape index (κ2) is 8.15. The maximum Gasteiger partial charge on any atom is 0.320 e. The Hall–Kier alpha value is -1.59. The van der Waals surface area contributed by atoms with Crippen LogP contribution in [-0.2, 0) is 11.3 Å². The molecule has 0 aliphatic carbocycles. The zero-order valence-corrected chi connectivity index (χ0v) is 13.5. The van der Waals surface area contributed by atoms with E-state index in [1.807, 2.05) is 26.0 Å². The largest absolute Gasteiger partial charge is 0.494 e. The van der Waals surface area contributed by atoms with Gasteiger partial charge in [-0.3, -0.25) is 14.6 Å². The van der Waals surface area contributed by atoms with Crippen LogP contribution in [0, 0.1) is 0 Å². The molecule has 1 aromatic carbocycles. The normalized spacial score (nSPS) is 18.1. The Morgan fingerprint density at radius 3 is 2.32 bits per heavy atom. The third kappa shape index (κ3) is 4.45. The van der Waals surface area contributed by atoms with Crippen molar-refractivity contribution in [3.8, 4) is 5.75 Å². The number of carboxylic acids is 1. The molecule has 0 aromatic heterocycles. The molecule has 1 aliphatic heterocycles.